The molecule has 156 valence electrons. The Balaban J connectivity index is 1.50. The Morgan fingerprint density at radius 3 is 2.47 bits per heavy atom. The number of hydrogen-bond acceptors (Lipinski definition) is 4. The maximum absolute atomic E-state index is 13.1. The monoisotopic (exact) mass is 420 g/mol. The smallest absolute Gasteiger partial charge is 0.240 e. The summed E-state index contributed by atoms with van der Waals surface area (Å²) in [6, 6.07) is 16.6. The van der Waals surface area contributed by atoms with E-state index >= 15 is 0 Å². The number of amides is 1. The quantitative estimate of drug-likeness (QED) is 0.566. The second-order valence-electron chi connectivity index (χ2n) is 8.82. The number of para-hydroxylation sites is 1. The number of hydrogen-bond donors (Lipinski definition) is 0. The summed E-state index contributed by atoms with van der Waals surface area (Å²) < 4.78 is 1.97. The lowest BCUT2D eigenvalue weighted by Crippen LogP contribution is -2.35. The van der Waals surface area contributed by atoms with Gasteiger partial charge in [0.05, 0.1) is 5.25 Å². The SMILES string of the molecule is CC(Sc1nnc(-c2ccc(C(C)(C)C)cc2)n1C)C(=O)N1CCc2ccccc21. The fraction of sp³-hybridized carbons (Fsp3) is 0.375. The van der Waals surface area contributed by atoms with Crippen molar-refractivity contribution in [2.24, 2.45) is 7.05 Å². The van der Waals surface area contributed by atoms with Crippen LogP contribution in [0.25, 0.3) is 11.4 Å². The molecular formula is C24H28N4OS. The van der Waals surface area contributed by atoms with Crippen LogP contribution >= 0.6 is 11.8 Å². The van der Waals surface area contributed by atoms with E-state index in [0.29, 0.717) is 0 Å². The molecule has 0 saturated heterocycles. The van der Waals surface area contributed by atoms with Gasteiger partial charge in [-0.25, -0.2) is 0 Å². The first-order valence-corrected chi connectivity index (χ1v) is 11.2. The summed E-state index contributed by atoms with van der Waals surface area (Å²) in [4.78, 5) is 15.0. The van der Waals surface area contributed by atoms with Crippen molar-refractivity contribution in [1.29, 1.82) is 0 Å². The van der Waals surface area contributed by atoms with Gasteiger partial charge in [-0.1, -0.05) is 75.0 Å². The molecule has 3 aromatic rings. The van der Waals surface area contributed by atoms with Gasteiger partial charge < -0.3 is 9.47 Å². The summed E-state index contributed by atoms with van der Waals surface area (Å²) in [7, 11) is 1.96. The molecule has 2 heterocycles. The molecule has 0 bridgehead atoms. The fourth-order valence-electron chi connectivity index (χ4n) is 3.78. The average molecular weight is 421 g/mol. The summed E-state index contributed by atoms with van der Waals surface area (Å²) in [6.45, 7) is 9.30. The molecule has 4 rings (SSSR count). The Bertz CT molecular complexity index is 1070. The van der Waals surface area contributed by atoms with Crippen LogP contribution in [0.2, 0.25) is 0 Å². The highest BCUT2D eigenvalue weighted by Gasteiger charge is 2.29. The summed E-state index contributed by atoms with van der Waals surface area (Å²) in [5.41, 5.74) is 4.70. The number of benzene rings is 2. The van der Waals surface area contributed by atoms with Crippen LogP contribution in [0.3, 0.4) is 0 Å². The molecule has 1 atom stereocenters. The van der Waals surface area contributed by atoms with Gasteiger partial charge in [0.2, 0.25) is 5.91 Å². The molecule has 0 radical (unpaired) electrons. The Labute approximate surface area is 182 Å². The lowest BCUT2D eigenvalue weighted by Gasteiger charge is -2.21. The van der Waals surface area contributed by atoms with Crippen molar-refractivity contribution >= 4 is 23.4 Å². The van der Waals surface area contributed by atoms with Crippen LogP contribution in [0.15, 0.2) is 53.7 Å². The maximum Gasteiger partial charge on any atom is 0.240 e. The van der Waals surface area contributed by atoms with Crippen LogP contribution in [0.1, 0.15) is 38.8 Å². The van der Waals surface area contributed by atoms with Crippen LogP contribution in [0.4, 0.5) is 5.69 Å². The highest BCUT2D eigenvalue weighted by molar-refractivity contribution is 8.00. The normalized spacial score (nSPS) is 14.6. The van der Waals surface area contributed by atoms with E-state index in [0.717, 1.165) is 35.2 Å². The number of nitrogens with zero attached hydrogens (tertiary/aromatic N) is 4. The molecule has 0 N–H and O–H groups in total. The fourth-order valence-corrected chi connectivity index (χ4v) is 4.66. The minimum atomic E-state index is -0.241. The summed E-state index contributed by atoms with van der Waals surface area (Å²) in [5, 5.41) is 9.26. The van der Waals surface area contributed by atoms with Gasteiger partial charge in [0, 0.05) is 24.8 Å². The molecule has 0 spiro atoms. The zero-order chi connectivity index (χ0) is 21.5. The number of aromatic nitrogens is 3. The predicted molar refractivity (Wildman–Crippen MR) is 123 cm³/mol. The summed E-state index contributed by atoms with van der Waals surface area (Å²) >= 11 is 1.46. The standard InChI is InChI=1S/C24H28N4OS/c1-16(22(29)28-15-14-17-8-6-7-9-20(17)28)30-23-26-25-21(27(23)5)18-10-12-19(13-11-18)24(2,3)4/h6-13,16H,14-15H2,1-5H3. The van der Waals surface area contributed by atoms with Gasteiger partial charge in [-0.05, 0) is 36.0 Å². The van der Waals surface area contributed by atoms with Gasteiger partial charge in [0.25, 0.3) is 0 Å². The minimum absolute atomic E-state index is 0.114. The third kappa shape index (κ3) is 3.88. The van der Waals surface area contributed by atoms with Crippen LogP contribution < -0.4 is 4.90 Å². The van der Waals surface area contributed by atoms with E-state index in [1.165, 1.54) is 22.9 Å². The number of fused-ring (bicyclic) bond motifs is 1. The molecule has 1 amide bonds. The van der Waals surface area contributed by atoms with Crippen molar-refractivity contribution < 1.29 is 4.79 Å². The number of carbonyl (C=O) groups is 1. The van der Waals surface area contributed by atoms with Crippen LogP contribution in [-0.2, 0) is 23.7 Å². The molecule has 0 aliphatic carbocycles. The van der Waals surface area contributed by atoms with E-state index < -0.39 is 0 Å². The Hall–Kier alpha value is -2.60. The number of rotatable bonds is 4. The van der Waals surface area contributed by atoms with Gasteiger partial charge in [-0.15, -0.1) is 10.2 Å². The molecule has 0 fully saturated rings. The van der Waals surface area contributed by atoms with Crippen LogP contribution in [-0.4, -0.2) is 32.5 Å². The van der Waals surface area contributed by atoms with E-state index in [2.05, 4.69) is 61.3 Å². The average Bonchev–Trinajstić information content (AvgIpc) is 3.31. The molecule has 6 heteroatoms. The van der Waals surface area contributed by atoms with Crippen LogP contribution in [0, 0.1) is 0 Å². The first-order chi connectivity index (χ1) is 14.3. The summed E-state index contributed by atoms with van der Waals surface area (Å²) in [5.74, 6) is 0.924. The topological polar surface area (TPSA) is 51.0 Å². The zero-order valence-electron chi connectivity index (χ0n) is 18.2. The maximum atomic E-state index is 13.1. The van der Waals surface area contributed by atoms with Gasteiger partial charge in [-0.2, -0.15) is 0 Å². The second-order valence-corrected chi connectivity index (χ2v) is 10.1. The molecule has 1 aliphatic heterocycles. The minimum Gasteiger partial charge on any atom is -0.311 e. The van der Waals surface area contributed by atoms with Crippen LogP contribution in [0.5, 0.6) is 0 Å². The molecular weight excluding hydrogens is 392 g/mol. The van der Waals surface area contributed by atoms with Crippen molar-refractivity contribution in [3.8, 4) is 11.4 Å². The van der Waals surface area contributed by atoms with Crippen molar-refractivity contribution in [2.75, 3.05) is 11.4 Å². The predicted octanol–water partition coefficient (Wildman–Crippen LogP) is 4.85. The van der Waals surface area contributed by atoms with Gasteiger partial charge >= 0.3 is 0 Å². The van der Waals surface area contributed by atoms with Gasteiger partial charge in [-0.3, -0.25) is 4.79 Å². The Morgan fingerprint density at radius 2 is 1.77 bits per heavy atom. The third-order valence-corrected chi connectivity index (χ3v) is 6.75. The first-order valence-electron chi connectivity index (χ1n) is 10.3. The molecule has 0 saturated carbocycles. The largest absolute Gasteiger partial charge is 0.311 e. The van der Waals surface area contributed by atoms with E-state index in [1.807, 2.05) is 41.6 Å². The highest BCUT2D eigenvalue weighted by atomic mass is 32.2. The van der Waals surface area contributed by atoms with Gasteiger partial charge in [0.1, 0.15) is 0 Å². The van der Waals surface area contributed by atoms with E-state index in [1.54, 1.807) is 0 Å². The molecule has 30 heavy (non-hydrogen) atoms. The number of anilines is 1. The Kier molecular flexibility index (Phi) is 5.45. The van der Waals surface area contributed by atoms with E-state index in [-0.39, 0.29) is 16.6 Å². The van der Waals surface area contributed by atoms with Crippen molar-refractivity contribution in [3.05, 3.63) is 59.7 Å². The van der Waals surface area contributed by atoms with E-state index in [9.17, 15) is 4.79 Å². The molecule has 1 unspecified atom stereocenters. The second kappa shape index (κ2) is 7.91. The number of carbonyl (C=O) groups excluding carboxylic acids is 1. The third-order valence-electron chi connectivity index (χ3n) is 5.63. The highest BCUT2D eigenvalue weighted by Crippen LogP contribution is 2.32. The molecule has 1 aromatic heterocycles. The lowest BCUT2D eigenvalue weighted by molar-refractivity contribution is -0.117. The van der Waals surface area contributed by atoms with Crippen molar-refractivity contribution in [1.82, 2.24) is 14.8 Å². The van der Waals surface area contributed by atoms with Crippen molar-refractivity contribution in [3.63, 3.8) is 0 Å². The Morgan fingerprint density at radius 1 is 1.07 bits per heavy atom. The zero-order valence-corrected chi connectivity index (χ0v) is 19.0. The summed E-state index contributed by atoms with van der Waals surface area (Å²) in [6.07, 6.45) is 0.915. The first kappa shape index (κ1) is 20.7. The van der Waals surface area contributed by atoms with E-state index in [4.69, 9.17) is 0 Å². The van der Waals surface area contributed by atoms with Crippen molar-refractivity contribution in [2.45, 2.75) is 49.9 Å². The van der Waals surface area contributed by atoms with Gasteiger partial charge in [0.15, 0.2) is 11.0 Å². The molecule has 1 aliphatic rings. The molecule has 5 nitrogen and oxygen atoms in total. The lowest BCUT2D eigenvalue weighted by atomic mass is 9.87. The molecule has 2 aromatic carbocycles. The number of thioether (sulfide) groups is 1.